The Morgan fingerprint density at radius 3 is 2.15 bits per heavy atom. The van der Waals surface area contributed by atoms with Crippen molar-refractivity contribution in [2.24, 2.45) is 0 Å². The molecule has 0 heterocycles. The van der Waals surface area contributed by atoms with E-state index in [9.17, 15) is 4.79 Å². The third-order valence-electron chi connectivity index (χ3n) is 4.71. The molecule has 4 heteroatoms. The molecule has 0 spiro atoms. The Morgan fingerprint density at radius 1 is 1.00 bits per heavy atom. The Bertz CT molecular complexity index is 676. The van der Waals surface area contributed by atoms with Crippen molar-refractivity contribution in [3.05, 3.63) is 54.1 Å². The lowest BCUT2D eigenvalue weighted by molar-refractivity contribution is -0.118. The summed E-state index contributed by atoms with van der Waals surface area (Å²) in [4.78, 5) is 14.4. The van der Waals surface area contributed by atoms with Crippen LogP contribution in [0.15, 0.2) is 48.5 Å². The third-order valence-corrected chi connectivity index (χ3v) is 4.71. The summed E-state index contributed by atoms with van der Waals surface area (Å²) in [6.45, 7) is 10.6. The van der Waals surface area contributed by atoms with E-state index < -0.39 is 0 Å². The molecule has 0 aromatic heterocycles. The second kappa shape index (κ2) is 9.85. The van der Waals surface area contributed by atoms with Crippen LogP contribution in [0.3, 0.4) is 0 Å². The van der Waals surface area contributed by atoms with Crippen molar-refractivity contribution in [2.75, 3.05) is 29.9 Å². The summed E-state index contributed by atoms with van der Waals surface area (Å²) < 4.78 is 5.58. The summed E-state index contributed by atoms with van der Waals surface area (Å²) in [5.74, 6) is 1.09. The van der Waals surface area contributed by atoms with Crippen LogP contribution in [0.5, 0.6) is 5.75 Å². The van der Waals surface area contributed by atoms with E-state index in [2.05, 4.69) is 50.0 Å². The molecule has 1 N–H and O–H groups in total. The lowest BCUT2D eigenvalue weighted by Crippen LogP contribution is -2.22. The minimum absolute atomic E-state index is 0.000471. The fourth-order valence-electron chi connectivity index (χ4n) is 2.82. The number of amides is 1. The fourth-order valence-corrected chi connectivity index (χ4v) is 2.82. The number of hydrogen-bond donors (Lipinski definition) is 1. The van der Waals surface area contributed by atoms with Gasteiger partial charge in [0.05, 0.1) is 0 Å². The van der Waals surface area contributed by atoms with Gasteiger partial charge >= 0.3 is 0 Å². The summed E-state index contributed by atoms with van der Waals surface area (Å²) in [7, 11) is 0. The molecule has 1 atom stereocenters. The minimum atomic E-state index is -0.161. The molecule has 0 bridgehead atoms. The molecule has 2 rings (SSSR count). The molecule has 2 aromatic rings. The summed E-state index contributed by atoms with van der Waals surface area (Å²) in [6.07, 6.45) is 1.11. The molecule has 0 saturated carbocycles. The number of nitrogens with one attached hydrogen (secondary N) is 1. The van der Waals surface area contributed by atoms with E-state index in [1.54, 1.807) is 0 Å². The van der Waals surface area contributed by atoms with Gasteiger partial charge in [-0.05, 0) is 68.1 Å². The molecule has 4 nitrogen and oxygen atoms in total. The van der Waals surface area contributed by atoms with Crippen molar-refractivity contribution in [2.45, 2.75) is 40.0 Å². The molecule has 0 aliphatic rings. The molecule has 2 aromatic carbocycles. The monoisotopic (exact) mass is 354 g/mol. The van der Waals surface area contributed by atoms with Crippen molar-refractivity contribution < 1.29 is 9.53 Å². The van der Waals surface area contributed by atoms with Crippen LogP contribution >= 0.6 is 0 Å². The lowest BCUT2D eigenvalue weighted by atomic mass is 9.99. The number of benzene rings is 2. The summed E-state index contributed by atoms with van der Waals surface area (Å²) in [6, 6.07) is 15.9. The zero-order valence-corrected chi connectivity index (χ0v) is 16.3. The molecular weight excluding hydrogens is 324 g/mol. The Balaban J connectivity index is 1.85. The Kier molecular flexibility index (Phi) is 7.52. The molecular formula is C22H30N2O2. The number of carbonyl (C=O) groups excluding carboxylic acids is 1. The quantitative estimate of drug-likeness (QED) is 0.684. The van der Waals surface area contributed by atoms with Crippen LogP contribution in [0.1, 0.15) is 45.6 Å². The predicted octanol–water partition coefficient (Wildman–Crippen LogP) is 5.06. The first-order valence-electron chi connectivity index (χ1n) is 9.44. The molecule has 0 aliphatic heterocycles. The maximum Gasteiger partial charge on any atom is 0.262 e. The van der Waals surface area contributed by atoms with Gasteiger partial charge in [-0.2, -0.15) is 0 Å². The third kappa shape index (κ3) is 5.51. The van der Waals surface area contributed by atoms with E-state index >= 15 is 0 Å². The molecule has 26 heavy (non-hydrogen) atoms. The van der Waals surface area contributed by atoms with Gasteiger partial charge in [-0.15, -0.1) is 0 Å². The van der Waals surface area contributed by atoms with Crippen LogP contribution in [0.2, 0.25) is 0 Å². The lowest BCUT2D eigenvalue weighted by Gasteiger charge is -2.21. The highest BCUT2D eigenvalue weighted by atomic mass is 16.5. The molecule has 0 fully saturated rings. The van der Waals surface area contributed by atoms with Crippen LogP contribution in [0.25, 0.3) is 0 Å². The van der Waals surface area contributed by atoms with Crippen LogP contribution in [-0.4, -0.2) is 25.6 Å². The summed E-state index contributed by atoms with van der Waals surface area (Å²) in [5, 5.41) is 2.87. The highest BCUT2D eigenvalue weighted by molar-refractivity contribution is 5.92. The average molecular weight is 354 g/mol. The Morgan fingerprint density at radius 2 is 1.62 bits per heavy atom. The Hall–Kier alpha value is -2.49. The standard InChI is InChI=1S/C22H30N2O2/c1-5-17(4)18-8-14-21(15-9-18)26-16-22(25)23-19-10-12-20(13-11-19)24(6-2)7-3/h8-15,17H,5-7,16H2,1-4H3,(H,23,25). The topological polar surface area (TPSA) is 41.6 Å². The normalized spacial score (nSPS) is 11.7. The second-order valence-electron chi connectivity index (χ2n) is 6.43. The van der Waals surface area contributed by atoms with Gasteiger partial charge in [0.15, 0.2) is 6.61 Å². The molecule has 1 unspecified atom stereocenters. The van der Waals surface area contributed by atoms with E-state index in [0.717, 1.165) is 30.9 Å². The zero-order valence-electron chi connectivity index (χ0n) is 16.3. The van der Waals surface area contributed by atoms with Gasteiger partial charge < -0.3 is 15.0 Å². The first kappa shape index (κ1) is 19.8. The van der Waals surface area contributed by atoms with E-state index in [1.165, 1.54) is 5.56 Å². The van der Waals surface area contributed by atoms with Gasteiger partial charge in [0, 0.05) is 24.5 Å². The molecule has 0 radical (unpaired) electrons. The number of hydrogen-bond acceptors (Lipinski definition) is 3. The maximum atomic E-state index is 12.1. The summed E-state index contributed by atoms with van der Waals surface area (Å²) in [5.41, 5.74) is 3.23. The van der Waals surface area contributed by atoms with Crippen molar-refractivity contribution in [3.8, 4) is 5.75 Å². The maximum absolute atomic E-state index is 12.1. The van der Waals surface area contributed by atoms with Crippen molar-refractivity contribution in [1.29, 1.82) is 0 Å². The first-order valence-corrected chi connectivity index (χ1v) is 9.44. The number of rotatable bonds is 9. The fraction of sp³-hybridized carbons (Fsp3) is 0.409. The predicted molar refractivity (Wildman–Crippen MR) is 109 cm³/mol. The van der Waals surface area contributed by atoms with Gasteiger partial charge in [-0.25, -0.2) is 0 Å². The number of ether oxygens (including phenoxy) is 1. The van der Waals surface area contributed by atoms with E-state index in [-0.39, 0.29) is 12.5 Å². The van der Waals surface area contributed by atoms with E-state index in [0.29, 0.717) is 11.7 Å². The average Bonchev–Trinajstić information content (AvgIpc) is 2.68. The first-order chi connectivity index (χ1) is 12.6. The van der Waals surface area contributed by atoms with Crippen LogP contribution in [0.4, 0.5) is 11.4 Å². The van der Waals surface area contributed by atoms with Gasteiger partial charge in [0.2, 0.25) is 0 Å². The SMILES string of the molecule is CCC(C)c1ccc(OCC(=O)Nc2ccc(N(CC)CC)cc2)cc1. The minimum Gasteiger partial charge on any atom is -0.484 e. The largest absolute Gasteiger partial charge is 0.484 e. The van der Waals surface area contributed by atoms with Gasteiger partial charge in [-0.3, -0.25) is 4.79 Å². The summed E-state index contributed by atoms with van der Waals surface area (Å²) >= 11 is 0. The highest BCUT2D eigenvalue weighted by Gasteiger charge is 2.07. The van der Waals surface area contributed by atoms with E-state index in [1.807, 2.05) is 36.4 Å². The second-order valence-corrected chi connectivity index (χ2v) is 6.43. The van der Waals surface area contributed by atoms with Gasteiger partial charge in [0.25, 0.3) is 5.91 Å². The van der Waals surface area contributed by atoms with Crippen LogP contribution in [-0.2, 0) is 4.79 Å². The zero-order chi connectivity index (χ0) is 18.9. The smallest absolute Gasteiger partial charge is 0.262 e. The highest BCUT2D eigenvalue weighted by Crippen LogP contribution is 2.21. The number of anilines is 2. The van der Waals surface area contributed by atoms with Gasteiger partial charge in [-0.1, -0.05) is 26.0 Å². The van der Waals surface area contributed by atoms with Crippen LogP contribution in [0, 0.1) is 0 Å². The van der Waals surface area contributed by atoms with Crippen molar-refractivity contribution in [3.63, 3.8) is 0 Å². The van der Waals surface area contributed by atoms with E-state index in [4.69, 9.17) is 4.74 Å². The van der Waals surface area contributed by atoms with Crippen LogP contribution < -0.4 is 15.0 Å². The van der Waals surface area contributed by atoms with Crippen molar-refractivity contribution in [1.82, 2.24) is 0 Å². The molecule has 0 aliphatic carbocycles. The molecule has 140 valence electrons. The Labute approximate surface area is 157 Å². The number of nitrogens with zero attached hydrogens (tertiary/aromatic N) is 1. The molecule has 1 amide bonds. The van der Waals surface area contributed by atoms with Gasteiger partial charge in [0.1, 0.15) is 5.75 Å². The molecule has 0 saturated heterocycles. The number of carbonyl (C=O) groups is 1. The van der Waals surface area contributed by atoms with Crippen molar-refractivity contribution >= 4 is 17.3 Å².